The Bertz CT molecular complexity index is 584. The van der Waals surface area contributed by atoms with Crippen LogP contribution in [-0.2, 0) is 4.79 Å². The molecule has 1 heterocycles. The van der Waals surface area contributed by atoms with Gasteiger partial charge in [0.2, 0.25) is 0 Å². The Kier molecular flexibility index (Phi) is 3.85. The molecule has 0 aliphatic carbocycles. The number of hydrogen-bond acceptors (Lipinski definition) is 3. The number of rotatable bonds is 4. The zero-order valence-corrected chi connectivity index (χ0v) is 10.4. The van der Waals surface area contributed by atoms with E-state index in [0.29, 0.717) is 11.5 Å². The van der Waals surface area contributed by atoms with Gasteiger partial charge < -0.3 is 5.11 Å². The predicted octanol–water partition coefficient (Wildman–Crippen LogP) is 2.86. The number of carboxylic acids is 1. The summed E-state index contributed by atoms with van der Waals surface area (Å²) in [5, 5.41) is 8.76. The Hall–Kier alpha value is -2.30. The zero-order valence-electron chi connectivity index (χ0n) is 10.4. The van der Waals surface area contributed by atoms with Crippen molar-refractivity contribution in [1.82, 2.24) is 9.97 Å². The average Bonchev–Trinajstić information content (AvgIpc) is 2.39. The fourth-order valence-corrected chi connectivity index (χ4v) is 1.75. The first-order valence-electron chi connectivity index (χ1n) is 5.87. The van der Waals surface area contributed by atoms with Crippen LogP contribution in [0.1, 0.15) is 25.1 Å². The van der Waals surface area contributed by atoms with Crippen molar-refractivity contribution in [2.75, 3.05) is 0 Å². The Balaban J connectivity index is 2.28. The monoisotopic (exact) mass is 260 g/mol. The lowest BCUT2D eigenvalue weighted by Crippen LogP contribution is -2.07. The molecule has 1 atom stereocenters. The summed E-state index contributed by atoms with van der Waals surface area (Å²) >= 11 is 0. The first-order chi connectivity index (χ1) is 9.06. The molecule has 0 saturated carbocycles. The Morgan fingerprint density at radius 2 is 2.00 bits per heavy atom. The van der Waals surface area contributed by atoms with Gasteiger partial charge in [-0.3, -0.25) is 4.79 Å². The van der Waals surface area contributed by atoms with E-state index in [1.54, 1.807) is 31.3 Å². The lowest BCUT2D eigenvalue weighted by Gasteiger charge is -2.08. The molecule has 0 amide bonds. The number of carboxylic acid groups (broad SMARTS) is 1. The van der Waals surface area contributed by atoms with E-state index < -0.39 is 5.97 Å². The van der Waals surface area contributed by atoms with Crippen LogP contribution in [0.3, 0.4) is 0 Å². The van der Waals surface area contributed by atoms with Crippen molar-refractivity contribution in [3.8, 4) is 11.3 Å². The SMILES string of the molecule is CC(CC(=O)O)c1nccc(-c2ccc(F)cc2)n1. The highest BCUT2D eigenvalue weighted by molar-refractivity contribution is 5.67. The Labute approximate surface area is 110 Å². The molecule has 0 radical (unpaired) electrons. The van der Waals surface area contributed by atoms with Crippen LogP contribution in [0, 0.1) is 5.82 Å². The van der Waals surface area contributed by atoms with Crippen molar-refractivity contribution < 1.29 is 14.3 Å². The highest BCUT2D eigenvalue weighted by atomic mass is 19.1. The van der Waals surface area contributed by atoms with Gasteiger partial charge in [0, 0.05) is 17.7 Å². The van der Waals surface area contributed by atoms with Crippen molar-refractivity contribution in [3.05, 3.63) is 48.2 Å². The van der Waals surface area contributed by atoms with Gasteiger partial charge in [0.25, 0.3) is 0 Å². The molecule has 0 aliphatic heterocycles. The van der Waals surface area contributed by atoms with Crippen molar-refractivity contribution in [3.63, 3.8) is 0 Å². The molecule has 5 heteroatoms. The van der Waals surface area contributed by atoms with Gasteiger partial charge in [-0.05, 0) is 30.3 Å². The quantitative estimate of drug-likeness (QED) is 0.918. The molecule has 98 valence electrons. The maximum atomic E-state index is 12.9. The fraction of sp³-hybridized carbons (Fsp3) is 0.214. The summed E-state index contributed by atoms with van der Waals surface area (Å²) in [6.45, 7) is 1.76. The predicted molar refractivity (Wildman–Crippen MR) is 68.1 cm³/mol. The van der Waals surface area contributed by atoms with Gasteiger partial charge in [-0.1, -0.05) is 6.92 Å². The van der Waals surface area contributed by atoms with Gasteiger partial charge in [-0.2, -0.15) is 0 Å². The van der Waals surface area contributed by atoms with E-state index in [4.69, 9.17) is 5.11 Å². The minimum absolute atomic E-state index is 0.0210. The molecular weight excluding hydrogens is 247 g/mol. The lowest BCUT2D eigenvalue weighted by molar-refractivity contribution is -0.137. The Morgan fingerprint density at radius 1 is 1.32 bits per heavy atom. The van der Waals surface area contributed by atoms with E-state index in [1.807, 2.05) is 0 Å². The van der Waals surface area contributed by atoms with Gasteiger partial charge in [-0.25, -0.2) is 14.4 Å². The number of halogens is 1. The molecule has 1 aromatic heterocycles. The summed E-state index contributed by atoms with van der Waals surface area (Å²) in [5.41, 5.74) is 1.43. The van der Waals surface area contributed by atoms with Gasteiger partial charge in [0.05, 0.1) is 12.1 Å². The Morgan fingerprint density at radius 3 is 2.63 bits per heavy atom. The van der Waals surface area contributed by atoms with E-state index in [9.17, 15) is 9.18 Å². The van der Waals surface area contributed by atoms with Crippen molar-refractivity contribution in [1.29, 1.82) is 0 Å². The molecule has 0 spiro atoms. The third kappa shape index (κ3) is 3.34. The van der Waals surface area contributed by atoms with Gasteiger partial charge in [-0.15, -0.1) is 0 Å². The maximum absolute atomic E-state index is 12.9. The number of carbonyl (C=O) groups is 1. The molecule has 0 aliphatic rings. The van der Waals surface area contributed by atoms with Crippen LogP contribution in [-0.4, -0.2) is 21.0 Å². The van der Waals surface area contributed by atoms with Crippen molar-refractivity contribution in [2.45, 2.75) is 19.3 Å². The van der Waals surface area contributed by atoms with Crippen molar-refractivity contribution in [2.24, 2.45) is 0 Å². The minimum atomic E-state index is -0.886. The summed E-state index contributed by atoms with van der Waals surface area (Å²) in [5.74, 6) is -0.984. The van der Waals surface area contributed by atoms with Crippen LogP contribution in [0.4, 0.5) is 4.39 Å². The smallest absolute Gasteiger partial charge is 0.304 e. The number of aromatic nitrogens is 2. The molecule has 0 bridgehead atoms. The molecule has 2 rings (SSSR count). The maximum Gasteiger partial charge on any atom is 0.304 e. The second-order valence-electron chi connectivity index (χ2n) is 4.31. The van der Waals surface area contributed by atoms with E-state index in [-0.39, 0.29) is 18.2 Å². The molecule has 4 nitrogen and oxygen atoms in total. The summed E-state index contributed by atoms with van der Waals surface area (Å²) in [6.07, 6.45) is 1.56. The van der Waals surface area contributed by atoms with E-state index >= 15 is 0 Å². The van der Waals surface area contributed by atoms with Crippen LogP contribution >= 0.6 is 0 Å². The molecule has 1 unspecified atom stereocenters. The summed E-state index contributed by atoms with van der Waals surface area (Å²) in [7, 11) is 0. The lowest BCUT2D eigenvalue weighted by atomic mass is 10.1. The second-order valence-corrected chi connectivity index (χ2v) is 4.31. The fourth-order valence-electron chi connectivity index (χ4n) is 1.75. The first kappa shape index (κ1) is 13.1. The number of hydrogen-bond donors (Lipinski definition) is 1. The van der Waals surface area contributed by atoms with Gasteiger partial charge in [0.1, 0.15) is 11.6 Å². The molecule has 0 fully saturated rings. The molecule has 1 N–H and O–H groups in total. The number of benzene rings is 1. The third-order valence-electron chi connectivity index (χ3n) is 2.74. The molecule has 2 aromatic rings. The molecule has 0 saturated heterocycles. The summed E-state index contributed by atoms with van der Waals surface area (Å²) < 4.78 is 12.9. The van der Waals surface area contributed by atoms with Gasteiger partial charge >= 0.3 is 5.97 Å². The van der Waals surface area contributed by atoms with Crippen molar-refractivity contribution >= 4 is 5.97 Å². The van der Waals surface area contributed by atoms with E-state index in [0.717, 1.165) is 5.56 Å². The topological polar surface area (TPSA) is 63.1 Å². The average molecular weight is 260 g/mol. The number of nitrogens with zero attached hydrogens (tertiary/aromatic N) is 2. The van der Waals surface area contributed by atoms with Crippen LogP contribution < -0.4 is 0 Å². The first-order valence-corrected chi connectivity index (χ1v) is 5.87. The van der Waals surface area contributed by atoms with E-state index in [2.05, 4.69) is 9.97 Å². The second kappa shape index (κ2) is 5.56. The van der Waals surface area contributed by atoms with Crippen LogP contribution in [0.2, 0.25) is 0 Å². The molecular formula is C14H13FN2O2. The highest BCUT2D eigenvalue weighted by Gasteiger charge is 2.13. The standard InChI is InChI=1S/C14H13FN2O2/c1-9(8-13(18)19)14-16-7-6-12(17-14)10-2-4-11(15)5-3-10/h2-7,9H,8H2,1H3,(H,18,19). The molecule has 19 heavy (non-hydrogen) atoms. The van der Waals surface area contributed by atoms with Crippen LogP contribution in [0.15, 0.2) is 36.5 Å². The normalized spacial score (nSPS) is 12.1. The van der Waals surface area contributed by atoms with E-state index in [1.165, 1.54) is 12.1 Å². The molecule has 1 aromatic carbocycles. The summed E-state index contributed by atoms with van der Waals surface area (Å²) in [6, 6.07) is 7.69. The van der Waals surface area contributed by atoms with Crippen LogP contribution in [0.25, 0.3) is 11.3 Å². The summed E-state index contributed by atoms with van der Waals surface area (Å²) in [4.78, 5) is 19.1. The third-order valence-corrected chi connectivity index (χ3v) is 2.74. The minimum Gasteiger partial charge on any atom is -0.481 e. The largest absolute Gasteiger partial charge is 0.481 e. The number of aliphatic carboxylic acids is 1. The zero-order chi connectivity index (χ0) is 13.8. The van der Waals surface area contributed by atoms with Crippen LogP contribution in [0.5, 0.6) is 0 Å². The van der Waals surface area contributed by atoms with Gasteiger partial charge in [0.15, 0.2) is 0 Å². The highest BCUT2D eigenvalue weighted by Crippen LogP contribution is 2.20.